The summed E-state index contributed by atoms with van der Waals surface area (Å²) in [4.78, 5) is 12.8. The maximum Gasteiger partial charge on any atom is 0.171 e. The topological polar surface area (TPSA) is 97.9 Å². The van der Waals surface area contributed by atoms with Gasteiger partial charge in [-0.05, 0) is 42.3 Å². The average molecular weight is 561 g/mol. The molecule has 0 bridgehead atoms. The van der Waals surface area contributed by atoms with E-state index in [-0.39, 0.29) is 13.2 Å². The van der Waals surface area contributed by atoms with Crippen molar-refractivity contribution in [3.8, 4) is 17.2 Å². The summed E-state index contributed by atoms with van der Waals surface area (Å²) in [7, 11) is 0. The molecule has 5 rings (SSSR count). The number of benzene rings is 4. The van der Waals surface area contributed by atoms with Crippen LogP contribution in [0.1, 0.15) is 22.3 Å². The van der Waals surface area contributed by atoms with Crippen molar-refractivity contribution in [2.45, 2.75) is 38.8 Å². The minimum atomic E-state index is -0.610. The third-order valence-electron chi connectivity index (χ3n) is 6.80. The van der Waals surface area contributed by atoms with E-state index in [1.807, 2.05) is 78.9 Å². The van der Waals surface area contributed by atoms with Gasteiger partial charge in [0.2, 0.25) is 0 Å². The monoisotopic (exact) mass is 560 g/mol. The van der Waals surface area contributed by atoms with Crippen LogP contribution in [0.2, 0.25) is 0 Å². The van der Waals surface area contributed by atoms with Crippen LogP contribution in [0, 0.1) is 12.3 Å². The molecule has 2 unspecified atom stereocenters. The largest absolute Gasteiger partial charge is 0.489 e. The van der Waals surface area contributed by atoms with E-state index < -0.39 is 12.2 Å². The standard InChI is InChI=1S/C34H32N4O4/c1-25-10-2-3-13-28(25)20-39-21-33(42-32-17-9-6-14-29(32)38-23-35)34-22-40-30-15-7-4-11-26(30)18-36-24-37-19-27-12-5-8-16-31(27)41-34/h2-17,33-35H,18-22H2,1H3. The molecule has 1 aliphatic rings. The number of hydrogen-bond donors (Lipinski definition) is 1. The number of hydrogen-bond acceptors (Lipinski definition) is 8. The van der Waals surface area contributed by atoms with Gasteiger partial charge in [0.1, 0.15) is 29.5 Å². The van der Waals surface area contributed by atoms with Gasteiger partial charge < -0.3 is 18.9 Å². The Balaban J connectivity index is 1.49. The number of para-hydroxylation sites is 4. The first-order chi connectivity index (χ1) is 20.7. The highest BCUT2D eigenvalue weighted by Gasteiger charge is 2.29. The van der Waals surface area contributed by atoms with Gasteiger partial charge in [0.05, 0.1) is 38.3 Å². The van der Waals surface area contributed by atoms with Crippen LogP contribution < -0.4 is 14.2 Å². The Hall–Kier alpha value is -5.00. The number of aliphatic imine (C=N–C) groups is 3. The van der Waals surface area contributed by atoms with E-state index in [0.29, 0.717) is 42.6 Å². The molecule has 2 atom stereocenters. The van der Waals surface area contributed by atoms with Crippen molar-refractivity contribution in [2.75, 3.05) is 13.2 Å². The maximum atomic E-state index is 7.38. The second-order valence-corrected chi connectivity index (χ2v) is 9.70. The van der Waals surface area contributed by atoms with Crippen LogP contribution in [0.5, 0.6) is 17.2 Å². The van der Waals surface area contributed by atoms with Gasteiger partial charge in [-0.25, -0.2) is 15.4 Å². The van der Waals surface area contributed by atoms with Crippen LogP contribution in [-0.4, -0.2) is 37.4 Å². The minimum absolute atomic E-state index is 0.171. The van der Waals surface area contributed by atoms with Crippen LogP contribution in [0.3, 0.4) is 0 Å². The summed E-state index contributed by atoms with van der Waals surface area (Å²) in [6.45, 7) is 3.60. The van der Waals surface area contributed by atoms with Gasteiger partial charge in [0, 0.05) is 11.1 Å². The van der Waals surface area contributed by atoms with Gasteiger partial charge in [-0.2, -0.15) is 4.99 Å². The zero-order chi connectivity index (χ0) is 29.0. The van der Waals surface area contributed by atoms with E-state index in [1.165, 1.54) is 0 Å². The summed E-state index contributed by atoms with van der Waals surface area (Å²) in [5.74, 6) is 1.83. The molecular formula is C34H32N4O4. The molecule has 0 saturated heterocycles. The molecule has 4 aromatic rings. The number of nitrogens with zero attached hydrogens (tertiary/aromatic N) is 3. The normalized spacial score (nSPS) is 15.2. The Bertz CT molecular complexity index is 1610. The second kappa shape index (κ2) is 14.6. The predicted molar refractivity (Wildman–Crippen MR) is 162 cm³/mol. The van der Waals surface area contributed by atoms with E-state index >= 15 is 0 Å². The Labute approximate surface area is 245 Å². The van der Waals surface area contributed by atoms with Crippen molar-refractivity contribution in [1.82, 2.24) is 0 Å². The maximum absolute atomic E-state index is 7.38. The molecule has 4 aromatic carbocycles. The molecule has 8 heteroatoms. The third kappa shape index (κ3) is 7.59. The number of ether oxygens (including phenoxy) is 4. The molecule has 42 heavy (non-hydrogen) atoms. The summed E-state index contributed by atoms with van der Waals surface area (Å²) in [6.07, 6.45) is -1.21. The molecule has 0 fully saturated rings. The Morgan fingerprint density at radius 3 is 2.36 bits per heavy atom. The van der Waals surface area contributed by atoms with E-state index in [4.69, 9.17) is 24.4 Å². The fourth-order valence-electron chi connectivity index (χ4n) is 4.51. The smallest absolute Gasteiger partial charge is 0.171 e. The number of aryl methyl sites for hydroxylation is 1. The van der Waals surface area contributed by atoms with E-state index in [9.17, 15) is 0 Å². The molecule has 0 radical (unpaired) electrons. The van der Waals surface area contributed by atoms with Crippen molar-refractivity contribution in [3.05, 3.63) is 119 Å². The second-order valence-electron chi connectivity index (χ2n) is 9.70. The molecule has 1 heterocycles. The van der Waals surface area contributed by atoms with E-state index in [2.05, 4.69) is 40.0 Å². The highest BCUT2D eigenvalue weighted by Crippen LogP contribution is 2.30. The first kappa shape index (κ1) is 28.5. The van der Waals surface area contributed by atoms with Crippen molar-refractivity contribution in [3.63, 3.8) is 0 Å². The van der Waals surface area contributed by atoms with Crippen LogP contribution in [0.25, 0.3) is 0 Å². The lowest BCUT2D eigenvalue weighted by Gasteiger charge is -2.30. The van der Waals surface area contributed by atoms with Gasteiger partial charge in [0.25, 0.3) is 0 Å². The lowest BCUT2D eigenvalue weighted by Crippen LogP contribution is -2.44. The Kier molecular flexibility index (Phi) is 9.90. The van der Waals surface area contributed by atoms with Crippen LogP contribution in [-0.2, 0) is 24.4 Å². The summed E-state index contributed by atoms with van der Waals surface area (Å²) in [5.41, 5.74) is 4.52. The SMILES string of the molecule is Cc1ccccc1COCC(Oc1ccccc1N=C=N)C1COc2ccccc2CN=C=NCc2ccccc2O1. The fourth-order valence-corrected chi connectivity index (χ4v) is 4.51. The van der Waals surface area contributed by atoms with Gasteiger partial charge in [-0.15, -0.1) is 0 Å². The molecule has 0 spiro atoms. The highest BCUT2D eigenvalue weighted by molar-refractivity contribution is 5.58. The quantitative estimate of drug-likeness (QED) is 0.233. The summed E-state index contributed by atoms with van der Waals surface area (Å²) >= 11 is 0. The molecule has 1 N–H and O–H groups in total. The molecule has 8 nitrogen and oxygen atoms in total. The zero-order valence-corrected chi connectivity index (χ0v) is 23.4. The number of rotatable bonds is 8. The minimum Gasteiger partial charge on any atom is -0.489 e. The van der Waals surface area contributed by atoms with Crippen molar-refractivity contribution >= 4 is 17.7 Å². The van der Waals surface area contributed by atoms with Crippen LogP contribution in [0.4, 0.5) is 5.69 Å². The third-order valence-corrected chi connectivity index (χ3v) is 6.80. The number of fused-ring (bicyclic) bond motifs is 2. The Morgan fingerprint density at radius 1 is 0.905 bits per heavy atom. The number of nitrogens with one attached hydrogen (secondary N) is 1. The molecule has 1 aliphatic heterocycles. The van der Waals surface area contributed by atoms with Crippen molar-refractivity contribution in [2.24, 2.45) is 15.0 Å². The van der Waals surface area contributed by atoms with Gasteiger partial charge in [-0.1, -0.05) is 72.8 Å². The van der Waals surface area contributed by atoms with Gasteiger partial charge in [-0.3, -0.25) is 0 Å². The van der Waals surface area contributed by atoms with E-state index in [1.54, 1.807) is 12.1 Å². The molecule has 0 amide bonds. The van der Waals surface area contributed by atoms with Gasteiger partial charge in [0.15, 0.2) is 12.2 Å². The molecule has 212 valence electrons. The Morgan fingerprint density at radius 2 is 1.57 bits per heavy atom. The molecule has 0 aromatic heterocycles. The first-order valence-electron chi connectivity index (χ1n) is 13.7. The van der Waals surface area contributed by atoms with E-state index in [0.717, 1.165) is 22.3 Å². The molecule has 0 saturated carbocycles. The van der Waals surface area contributed by atoms with Crippen LogP contribution >= 0.6 is 0 Å². The molecule has 0 aliphatic carbocycles. The van der Waals surface area contributed by atoms with Crippen molar-refractivity contribution < 1.29 is 18.9 Å². The lowest BCUT2D eigenvalue weighted by atomic mass is 10.1. The molecular weight excluding hydrogens is 528 g/mol. The van der Waals surface area contributed by atoms with Crippen molar-refractivity contribution in [1.29, 1.82) is 5.41 Å². The first-order valence-corrected chi connectivity index (χ1v) is 13.7. The summed E-state index contributed by atoms with van der Waals surface area (Å²) < 4.78 is 25.8. The highest BCUT2D eigenvalue weighted by atomic mass is 16.6. The average Bonchev–Trinajstić information content (AvgIpc) is 3.03. The van der Waals surface area contributed by atoms with Crippen LogP contribution in [0.15, 0.2) is 112 Å². The zero-order valence-electron chi connectivity index (χ0n) is 23.4. The fraction of sp³-hybridized carbons (Fsp3) is 0.235. The predicted octanol–water partition coefficient (Wildman–Crippen LogP) is 7.06. The summed E-state index contributed by atoms with van der Waals surface area (Å²) in [5, 5.41) is 7.38. The van der Waals surface area contributed by atoms with Gasteiger partial charge >= 0.3 is 0 Å². The summed E-state index contributed by atoms with van der Waals surface area (Å²) in [6, 6.07) is 35.8. The lowest BCUT2D eigenvalue weighted by molar-refractivity contribution is -0.0333.